The molecule has 3 rings (SSSR count). The van der Waals surface area contributed by atoms with Crippen LogP contribution in [0, 0.1) is 0 Å². The van der Waals surface area contributed by atoms with Gasteiger partial charge in [-0.2, -0.15) is 0 Å². The Balaban J connectivity index is 1.70. The largest absolute Gasteiger partial charge is 0.490 e. The van der Waals surface area contributed by atoms with Gasteiger partial charge in [0.25, 0.3) is 0 Å². The Bertz CT molecular complexity index is 496. The summed E-state index contributed by atoms with van der Waals surface area (Å²) in [4.78, 5) is 17.2. The molecule has 1 aliphatic carbocycles. The van der Waals surface area contributed by atoms with Crippen molar-refractivity contribution in [2.75, 3.05) is 33.7 Å². The molecule has 114 valence electrons. The topological polar surface area (TPSA) is 32.8 Å². The lowest BCUT2D eigenvalue weighted by Crippen LogP contribution is -2.43. The van der Waals surface area contributed by atoms with Gasteiger partial charge < -0.3 is 9.64 Å². The Hall–Kier alpha value is -1.39. The molecule has 21 heavy (non-hydrogen) atoms. The predicted octanol–water partition coefficient (Wildman–Crippen LogP) is 2.05. The Morgan fingerprint density at radius 1 is 1.14 bits per heavy atom. The highest BCUT2D eigenvalue weighted by Crippen LogP contribution is 2.27. The second-order valence-corrected chi connectivity index (χ2v) is 6.32. The van der Waals surface area contributed by atoms with Crippen molar-refractivity contribution in [3.05, 3.63) is 29.8 Å². The first-order valence-electron chi connectivity index (χ1n) is 7.83. The number of nitrogens with zero attached hydrogens (tertiary/aromatic N) is 2. The SMILES string of the molecule is CN1CCCN(C)C(C(=O)c2ccc(OC3CC3)cc2)C1. The minimum Gasteiger partial charge on any atom is -0.490 e. The summed E-state index contributed by atoms with van der Waals surface area (Å²) in [6, 6.07) is 7.60. The lowest BCUT2D eigenvalue weighted by Gasteiger charge is -2.26. The number of carbonyl (C=O) groups excluding carboxylic acids is 1. The third kappa shape index (κ3) is 3.63. The summed E-state index contributed by atoms with van der Waals surface area (Å²) in [5.74, 6) is 1.09. The lowest BCUT2D eigenvalue weighted by atomic mass is 10.0. The number of benzene rings is 1. The molecule has 2 fully saturated rings. The third-order valence-corrected chi connectivity index (χ3v) is 4.34. The number of ether oxygens (including phenoxy) is 1. The highest BCUT2D eigenvalue weighted by atomic mass is 16.5. The number of carbonyl (C=O) groups is 1. The monoisotopic (exact) mass is 288 g/mol. The molecular weight excluding hydrogens is 264 g/mol. The van der Waals surface area contributed by atoms with E-state index in [0.717, 1.165) is 50.2 Å². The van der Waals surface area contributed by atoms with Crippen LogP contribution in [0.15, 0.2) is 24.3 Å². The van der Waals surface area contributed by atoms with Crippen molar-refractivity contribution in [3.63, 3.8) is 0 Å². The Morgan fingerprint density at radius 3 is 2.52 bits per heavy atom. The average Bonchev–Trinajstić information content (AvgIpc) is 3.29. The van der Waals surface area contributed by atoms with Crippen LogP contribution in [0.25, 0.3) is 0 Å². The van der Waals surface area contributed by atoms with Gasteiger partial charge in [0.05, 0.1) is 12.1 Å². The van der Waals surface area contributed by atoms with Gasteiger partial charge >= 0.3 is 0 Å². The maximum absolute atomic E-state index is 12.7. The summed E-state index contributed by atoms with van der Waals surface area (Å²) >= 11 is 0. The van der Waals surface area contributed by atoms with Gasteiger partial charge in [0, 0.05) is 12.1 Å². The Morgan fingerprint density at radius 2 is 1.86 bits per heavy atom. The van der Waals surface area contributed by atoms with E-state index in [2.05, 4.69) is 16.8 Å². The number of ketones is 1. The van der Waals surface area contributed by atoms with E-state index in [9.17, 15) is 4.79 Å². The van der Waals surface area contributed by atoms with Crippen molar-refractivity contribution >= 4 is 5.78 Å². The third-order valence-electron chi connectivity index (χ3n) is 4.34. The van der Waals surface area contributed by atoms with Crippen molar-refractivity contribution in [3.8, 4) is 5.75 Å². The van der Waals surface area contributed by atoms with Gasteiger partial charge in [-0.3, -0.25) is 9.69 Å². The first-order valence-corrected chi connectivity index (χ1v) is 7.83. The van der Waals surface area contributed by atoms with Crippen LogP contribution >= 0.6 is 0 Å². The summed E-state index contributed by atoms with van der Waals surface area (Å²) in [6.07, 6.45) is 3.82. The van der Waals surface area contributed by atoms with E-state index >= 15 is 0 Å². The molecule has 0 radical (unpaired) electrons. The van der Waals surface area contributed by atoms with Crippen LogP contribution < -0.4 is 4.74 Å². The van der Waals surface area contributed by atoms with Gasteiger partial charge in [0.1, 0.15) is 5.75 Å². The second-order valence-electron chi connectivity index (χ2n) is 6.32. The van der Waals surface area contributed by atoms with E-state index in [1.165, 1.54) is 0 Å². The van der Waals surface area contributed by atoms with E-state index < -0.39 is 0 Å². The first kappa shape index (κ1) is 14.5. The smallest absolute Gasteiger partial charge is 0.181 e. The zero-order chi connectivity index (χ0) is 14.8. The van der Waals surface area contributed by atoms with Crippen molar-refractivity contribution in [2.45, 2.75) is 31.4 Å². The van der Waals surface area contributed by atoms with Crippen molar-refractivity contribution < 1.29 is 9.53 Å². The number of hydrogen-bond donors (Lipinski definition) is 0. The summed E-state index contributed by atoms with van der Waals surface area (Å²) in [7, 11) is 4.14. The molecular formula is C17H24N2O2. The molecule has 1 atom stereocenters. The van der Waals surface area contributed by atoms with Gasteiger partial charge in [-0.15, -0.1) is 0 Å². The molecule has 0 amide bonds. The normalized spacial score (nSPS) is 24.6. The average molecular weight is 288 g/mol. The number of likely N-dealkylation sites (N-methyl/N-ethyl adjacent to an activating group) is 2. The van der Waals surface area contributed by atoms with E-state index in [0.29, 0.717) is 6.10 Å². The first-order chi connectivity index (χ1) is 10.1. The van der Waals surface area contributed by atoms with Crippen molar-refractivity contribution in [2.24, 2.45) is 0 Å². The minimum absolute atomic E-state index is 0.0484. The molecule has 0 N–H and O–H groups in total. The predicted molar refractivity (Wildman–Crippen MR) is 83.0 cm³/mol. The molecule has 0 aromatic heterocycles. The van der Waals surface area contributed by atoms with Gasteiger partial charge in [0.2, 0.25) is 0 Å². The molecule has 1 aliphatic heterocycles. The van der Waals surface area contributed by atoms with Crippen LogP contribution in [-0.2, 0) is 0 Å². The molecule has 4 nitrogen and oxygen atoms in total. The number of hydrogen-bond acceptors (Lipinski definition) is 4. The molecule has 1 aromatic carbocycles. The van der Waals surface area contributed by atoms with E-state index in [-0.39, 0.29) is 11.8 Å². The fourth-order valence-electron chi connectivity index (χ4n) is 2.82. The fourth-order valence-corrected chi connectivity index (χ4v) is 2.82. The summed E-state index contributed by atoms with van der Waals surface area (Å²) in [6.45, 7) is 2.83. The van der Waals surface area contributed by atoms with E-state index in [1.807, 2.05) is 31.3 Å². The van der Waals surface area contributed by atoms with E-state index in [1.54, 1.807) is 0 Å². The standard InChI is InChI=1S/C17H24N2O2/c1-18-10-3-11-19(2)16(12-18)17(20)13-4-6-14(7-5-13)21-15-8-9-15/h4-7,15-16H,3,8-12H2,1-2H3. The molecule has 1 unspecified atom stereocenters. The summed E-state index contributed by atoms with van der Waals surface area (Å²) in [5.41, 5.74) is 0.783. The van der Waals surface area contributed by atoms with Crippen LogP contribution in [-0.4, -0.2) is 61.5 Å². The molecule has 2 aliphatic rings. The minimum atomic E-state index is -0.0484. The second kappa shape index (κ2) is 6.16. The Kier molecular flexibility index (Phi) is 4.27. The van der Waals surface area contributed by atoms with Gasteiger partial charge in [-0.1, -0.05) is 0 Å². The van der Waals surface area contributed by atoms with Crippen LogP contribution in [0.1, 0.15) is 29.6 Å². The zero-order valence-electron chi connectivity index (χ0n) is 12.9. The maximum atomic E-state index is 12.7. The molecule has 1 aromatic rings. The van der Waals surface area contributed by atoms with Gasteiger partial charge in [0.15, 0.2) is 5.78 Å². The fraction of sp³-hybridized carbons (Fsp3) is 0.588. The summed E-state index contributed by atoms with van der Waals surface area (Å²) < 4.78 is 5.73. The molecule has 4 heteroatoms. The quantitative estimate of drug-likeness (QED) is 0.794. The molecule has 0 bridgehead atoms. The molecule has 1 saturated carbocycles. The number of Topliss-reactive ketones (excluding diaryl/α,β-unsaturated/α-hetero) is 1. The van der Waals surface area contributed by atoms with Crippen molar-refractivity contribution in [1.82, 2.24) is 9.80 Å². The van der Waals surface area contributed by atoms with Gasteiger partial charge in [-0.05, 0) is 70.7 Å². The maximum Gasteiger partial charge on any atom is 0.181 e. The highest BCUT2D eigenvalue weighted by molar-refractivity contribution is 6.00. The van der Waals surface area contributed by atoms with Crippen LogP contribution in [0.3, 0.4) is 0 Å². The van der Waals surface area contributed by atoms with Gasteiger partial charge in [-0.25, -0.2) is 0 Å². The zero-order valence-corrected chi connectivity index (χ0v) is 12.9. The molecule has 0 spiro atoms. The van der Waals surface area contributed by atoms with Crippen LogP contribution in [0.4, 0.5) is 0 Å². The van der Waals surface area contributed by atoms with Crippen LogP contribution in [0.2, 0.25) is 0 Å². The number of rotatable bonds is 4. The molecule has 1 heterocycles. The van der Waals surface area contributed by atoms with Crippen LogP contribution in [0.5, 0.6) is 5.75 Å². The highest BCUT2D eigenvalue weighted by Gasteiger charge is 2.28. The Labute approximate surface area is 126 Å². The van der Waals surface area contributed by atoms with E-state index in [4.69, 9.17) is 4.74 Å². The lowest BCUT2D eigenvalue weighted by molar-refractivity contribution is 0.0839. The molecule has 1 saturated heterocycles. The van der Waals surface area contributed by atoms with Crippen molar-refractivity contribution in [1.29, 1.82) is 0 Å². The summed E-state index contributed by atoms with van der Waals surface area (Å²) in [5, 5.41) is 0.